The highest BCUT2D eigenvalue weighted by atomic mass is 16.5. The summed E-state index contributed by atoms with van der Waals surface area (Å²) in [6.07, 6.45) is 5.44. The predicted molar refractivity (Wildman–Crippen MR) is 87.9 cm³/mol. The summed E-state index contributed by atoms with van der Waals surface area (Å²) in [6.45, 7) is 0.507. The highest BCUT2D eigenvalue weighted by Crippen LogP contribution is 2.43. The number of benzene rings is 1. The molecule has 1 saturated carbocycles. The van der Waals surface area contributed by atoms with Gasteiger partial charge in [-0.3, -0.25) is 4.79 Å². The quantitative estimate of drug-likeness (QED) is 0.906. The van der Waals surface area contributed by atoms with Crippen molar-refractivity contribution in [2.45, 2.75) is 56.5 Å². The Kier molecular flexibility index (Phi) is 3.94. The smallest absolute Gasteiger partial charge is 0.326 e. The van der Waals surface area contributed by atoms with Gasteiger partial charge in [0.05, 0.1) is 12.5 Å². The summed E-state index contributed by atoms with van der Waals surface area (Å²) in [5.41, 5.74) is 0.900. The maximum Gasteiger partial charge on any atom is 0.326 e. The van der Waals surface area contributed by atoms with Crippen LogP contribution in [0.2, 0.25) is 0 Å². The van der Waals surface area contributed by atoms with Crippen LogP contribution in [0, 0.1) is 5.92 Å². The molecule has 4 rings (SSSR count). The van der Waals surface area contributed by atoms with Gasteiger partial charge in [-0.05, 0) is 37.7 Å². The molecular weight excluding hydrogens is 306 g/mol. The highest BCUT2D eigenvalue weighted by molar-refractivity contribution is 5.90. The van der Waals surface area contributed by atoms with Crippen LogP contribution in [0.25, 0.3) is 0 Å². The molecule has 1 aromatic rings. The lowest BCUT2D eigenvalue weighted by Gasteiger charge is -2.36. The third kappa shape index (κ3) is 2.46. The topological polar surface area (TPSA) is 66.8 Å². The maximum absolute atomic E-state index is 13.3. The van der Waals surface area contributed by atoms with E-state index in [1.165, 1.54) is 0 Å². The number of likely N-dealkylation sites (tertiary alicyclic amines) is 1. The number of para-hydroxylation sites is 1. The second-order valence-electron chi connectivity index (χ2n) is 7.17. The number of rotatable bonds is 2. The third-order valence-electron chi connectivity index (χ3n) is 5.88. The molecule has 0 unspecified atom stereocenters. The molecule has 3 aliphatic rings. The summed E-state index contributed by atoms with van der Waals surface area (Å²) in [6, 6.07) is 7.06. The standard InChI is InChI=1S/C19H23NO4/c21-18(14-9-10-24-17-8-4-2-6-13(14)17)20-15-7-3-1-5-12(15)11-16(20)19(22)23/h2,4,6,8,12,14-16H,1,3,5,7,9-11H2,(H,22,23)/t12-,14+,15-,16-/m0/s1. The van der Waals surface area contributed by atoms with E-state index in [0.717, 1.165) is 37.0 Å². The van der Waals surface area contributed by atoms with E-state index in [1.807, 2.05) is 24.3 Å². The predicted octanol–water partition coefficient (Wildman–Crippen LogP) is 2.80. The van der Waals surface area contributed by atoms with E-state index in [4.69, 9.17) is 4.74 Å². The van der Waals surface area contributed by atoms with Crippen LogP contribution in [0.1, 0.15) is 50.0 Å². The number of hydrogen-bond acceptors (Lipinski definition) is 3. The summed E-state index contributed by atoms with van der Waals surface area (Å²) in [7, 11) is 0. The zero-order valence-electron chi connectivity index (χ0n) is 13.7. The Morgan fingerprint density at radius 2 is 1.92 bits per heavy atom. The van der Waals surface area contributed by atoms with Crippen molar-refractivity contribution in [3.63, 3.8) is 0 Å². The molecule has 4 atom stereocenters. The van der Waals surface area contributed by atoms with Crippen molar-refractivity contribution in [3.8, 4) is 5.75 Å². The second kappa shape index (κ2) is 6.11. The Morgan fingerprint density at radius 1 is 1.12 bits per heavy atom. The average molecular weight is 329 g/mol. The van der Waals surface area contributed by atoms with Gasteiger partial charge in [0.15, 0.2) is 0 Å². The molecule has 0 radical (unpaired) electrons. The molecule has 1 N–H and O–H groups in total. The fourth-order valence-electron chi connectivity index (χ4n) is 4.78. The third-order valence-corrected chi connectivity index (χ3v) is 5.88. The van der Waals surface area contributed by atoms with Crippen molar-refractivity contribution in [1.82, 2.24) is 4.90 Å². The Balaban J connectivity index is 1.66. The summed E-state index contributed by atoms with van der Waals surface area (Å²) < 4.78 is 5.66. The number of hydrogen-bond donors (Lipinski definition) is 1. The van der Waals surface area contributed by atoms with Gasteiger partial charge >= 0.3 is 5.97 Å². The van der Waals surface area contributed by atoms with Gasteiger partial charge in [-0.15, -0.1) is 0 Å². The van der Waals surface area contributed by atoms with Gasteiger partial charge in [0.1, 0.15) is 11.8 Å². The van der Waals surface area contributed by atoms with E-state index < -0.39 is 12.0 Å². The molecule has 128 valence electrons. The van der Waals surface area contributed by atoms with Crippen molar-refractivity contribution >= 4 is 11.9 Å². The van der Waals surface area contributed by atoms with E-state index in [2.05, 4.69) is 0 Å². The summed E-state index contributed by atoms with van der Waals surface area (Å²) in [4.78, 5) is 26.8. The molecule has 0 aromatic heterocycles. The molecule has 1 amide bonds. The second-order valence-corrected chi connectivity index (χ2v) is 7.17. The van der Waals surface area contributed by atoms with Crippen LogP contribution < -0.4 is 4.74 Å². The van der Waals surface area contributed by atoms with Crippen molar-refractivity contribution < 1.29 is 19.4 Å². The van der Waals surface area contributed by atoms with E-state index in [-0.39, 0.29) is 17.9 Å². The molecule has 2 heterocycles. The summed E-state index contributed by atoms with van der Waals surface area (Å²) >= 11 is 0. The van der Waals surface area contributed by atoms with Crippen LogP contribution in [0.15, 0.2) is 24.3 Å². The molecule has 5 nitrogen and oxygen atoms in total. The Hall–Kier alpha value is -2.04. The van der Waals surface area contributed by atoms with Crippen molar-refractivity contribution in [2.24, 2.45) is 5.92 Å². The number of carboxylic acid groups (broad SMARTS) is 1. The summed E-state index contributed by atoms with van der Waals surface area (Å²) in [5.74, 6) is -0.0598. The first-order chi connectivity index (χ1) is 11.7. The maximum atomic E-state index is 13.3. The minimum Gasteiger partial charge on any atom is -0.493 e. The number of nitrogens with zero attached hydrogens (tertiary/aromatic N) is 1. The SMILES string of the molecule is O=C(O)[C@@H]1C[C@@H]2CCCC[C@@H]2N1C(=O)[C@@H]1CCOc2ccccc21. The molecule has 2 fully saturated rings. The van der Waals surface area contributed by atoms with Crippen LogP contribution in [0.5, 0.6) is 5.75 Å². The van der Waals surface area contributed by atoms with Gasteiger partial charge in [0.2, 0.25) is 5.91 Å². The van der Waals surface area contributed by atoms with Crippen LogP contribution in [-0.4, -0.2) is 40.6 Å². The zero-order chi connectivity index (χ0) is 16.7. The fourth-order valence-corrected chi connectivity index (χ4v) is 4.78. The van der Waals surface area contributed by atoms with E-state index in [1.54, 1.807) is 4.90 Å². The van der Waals surface area contributed by atoms with Gasteiger partial charge < -0.3 is 14.7 Å². The fraction of sp³-hybridized carbons (Fsp3) is 0.579. The molecule has 2 aliphatic heterocycles. The van der Waals surface area contributed by atoms with Crippen molar-refractivity contribution in [3.05, 3.63) is 29.8 Å². The lowest BCUT2D eigenvalue weighted by Crippen LogP contribution is -2.48. The monoisotopic (exact) mass is 329 g/mol. The van der Waals surface area contributed by atoms with E-state index in [9.17, 15) is 14.7 Å². The number of aliphatic carboxylic acids is 1. The molecule has 1 aliphatic carbocycles. The van der Waals surface area contributed by atoms with Gasteiger partial charge in [-0.2, -0.15) is 0 Å². The van der Waals surface area contributed by atoms with E-state index >= 15 is 0 Å². The van der Waals surface area contributed by atoms with Gasteiger partial charge in [0, 0.05) is 11.6 Å². The first-order valence-corrected chi connectivity index (χ1v) is 8.93. The normalized spacial score (nSPS) is 31.8. The zero-order valence-corrected chi connectivity index (χ0v) is 13.7. The van der Waals surface area contributed by atoms with Crippen molar-refractivity contribution in [1.29, 1.82) is 0 Å². The van der Waals surface area contributed by atoms with E-state index in [0.29, 0.717) is 25.4 Å². The van der Waals surface area contributed by atoms with Gasteiger partial charge in [0.25, 0.3) is 0 Å². The number of fused-ring (bicyclic) bond motifs is 2. The Morgan fingerprint density at radius 3 is 2.75 bits per heavy atom. The average Bonchev–Trinajstić information content (AvgIpc) is 3.00. The van der Waals surface area contributed by atoms with Crippen LogP contribution in [0.3, 0.4) is 0 Å². The number of carbonyl (C=O) groups excluding carboxylic acids is 1. The molecule has 24 heavy (non-hydrogen) atoms. The molecule has 0 spiro atoms. The summed E-state index contributed by atoms with van der Waals surface area (Å²) in [5, 5.41) is 9.65. The Bertz CT molecular complexity index is 659. The van der Waals surface area contributed by atoms with Gasteiger partial charge in [-0.25, -0.2) is 4.79 Å². The van der Waals surface area contributed by atoms with Crippen LogP contribution in [0.4, 0.5) is 0 Å². The first kappa shape index (κ1) is 15.5. The lowest BCUT2D eigenvalue weighted by atomic mass is 9.84. The first-order valence-electron chi connectivity index (χ1n) is 8.93. The molecule has 5 heteroatoms. The Labute approximate surface area is 141 Å². The molecule has 1 aromatic carbocycles. The number of carboxylic acids is 1. The lowest BCUT2D eigenvalue weighted by molar-refractivity contribution is -0.150. The number of amides is 1. The number of ether oxygens (including phenoxy) is 1. The minimum atomic E-state index is -0.863. The van der Waals surface area contributed by atoms with Crippen LogP contribution in [-0.2, 0) is 9.59 Å². The minimum absolute atomic E-state index is 0.0208. The highest BCUT2D eigenvalue weighted by Gasteiger charge is 2.49. The molecule has 1 saturated heterocycles. The molecule has 0 bridgehead atoms. The number of carbonyl (C=O) groups is 2. The largest absolute Gasteiger partial charge is 0.493 e. The van der Waals surface area contributed by atoms with Gasteiger partial charge in [-0.1, -0.05) is 31.0 Å². The van der Waals surface area contributed by atoms with Crippen molar-refractivity contribution in [2.75, 3.05) is 6.61 Å². The van der Waals surface area contributed by atoms with Crippen LogP contribution >= 0.6 is 0 Å². The molecular formula is C19H23NO4.